The molecule has 0 atom stereocenters. The number of imidazole rings is 1. The van der Waals surface area contributed by atoms with E-state index in [0.717, 1.165) is 12.8 Å². The molecular weight excluding hydrogens is 220 g/mol. The van der Waals surface area contributed by atoms with E-state index < -0.39 is 0 Å². The Morgan fingerprint density at radius 2 is 1.61 bits per heavy atom. The van der Waals surface area contributed by atoms with Crippen LogP contribution in [-0.2, 0) is 19.3 Å². The summed E-state index contributed by atoms with van der Waals surface area (Å²) in [6.07, 6.45) is 10.8. The molecule has 0 amide bonds. The van der Waals surface area contributed by atoms with Crippen LogP contribution in [0.4, 0.5) is 0 Å². The summed E-state index contributed by atoms with van der Waals surface area (Å²) < 4.78 is 0. The van der Waals surface area contributed by atoms with Crippen molar-refractivity contribution in [2.45, 2.75) is 45.4 Å². The number of rotatable bonds is 7. The molecule has 0 aliphatic heterocycles. The smallest absolute Gasteiger partial charge is 0.0921 e. The molecule has 0 bridgehead atoms. The lowest BCUT2D eigenvalue weighted by Crippen LogP contribution is -1.91. The van der Waals surface area contributed by atoms with Gasteiger partial charge in [0.25, 0.3) is 0 Å². The summed E-state index contributed by atoms with van der Waals surface area (Å²) in [7, 11) is 0. The topological polar surface area (TPSA) is 28.7 Å². The van der Waals surface area contributed by atoms with E-state index in [9.17, 15) is 0 Å². The number of hydrogen-bond acceptors (Lipinski definition) is 1. The summed E-state index contributed by atoms with van der Waals surface area (Å²) in [6, 6.07) is 9.11. The average molecular weight is 242 g/mol. The zero-order valence-corrected chi connectivity index (χ0v) is 11.2. The van der Waals surface area contributed by atoms with Crippen LogP contribution >= 0.6 is 0 Å². The zero-order valence-electron chi connectivity index (χ0n) is 11.2. The second-order valence-corrected chi connectivity index (χ2v) is 4.85. The molecule has 1 aromatic heterocycles. The van der Waals surface area contributed by atoms with Gasteiger partial charge in [-0.15, -0.1) is 0 Å². The number of aromatic nitrogens is 2. The third-order valence-electron chi connectivity index (χ3n) is 3.31. The summed E-state index contributed by atoms with van der Waals surface area (Å²) in [5.74, 6) is 0. The van der Waals surface area contributed by atoms with Gasteiger partial charge in [-0.05, 0) is 43.2 Å². The molecule has 0 saturated carbocycles. The minimum atomic E-state index is 1.08. The number of aryl methyl sites for hydroxylation is 3. The fourth-order valence-electron chi connectivity index (χ4n) is 2.16. The zero-order chi connectivity index (χ0) is 12.6. The van der Waals surface area contributed by atoms with Crippen molar-refractivity contribution in [2.24, 2.45) is 0 Å². The first-order valence-electron chi connectivity index (χ1n) is 6.93. The first-order valence-corrected chi connectivity index (χ1v) is 6.93. The molecule has 0 saturated heterocycles. The summed E-state index contributed by atoms with van der Waals surface area (Å²) >= 11 is 0. The van der Waals surface area contributed by atoms with Gasteiger partial charge in [-0.3, -0.25) is 0 Å². The maximum atomic E-state index is 4.03. The van der Waals surface area contributed by atoms with Gasteiger partial charge in [-0.1, -0.05) is 37.6 Å². The molecule has 96 valence electrons. The van der Waals surface area contributed by atoms with E-state index >= 15 is 0 Å². The van der Waals surface area contributed by atoms with Crippen LogP contribution in [-0.4, -0.2) is 9.97 Å². The highest BCUT2D eigenvalue weighted by Crippen LogP contribution is 2.10. The molecule has 0 radical (unpaired) electrons. The maximum absolute atomic E-state index is 4.03. The van der Waals surface area contributed by atoms with Gasteiger partial charge in [0, 0.05) is 11.9 Å². The van der Waals surface area contributed by atoms with Crippen molar-refractivity contribution in [3.63, 3.8) is 0 Å². The molecule has 0 aliphatic carbocycles. The quantitative estimate of drug-likeness (QED) is 0.783. The summed E-state index contributed by atoms with van der Waals surface area (Å²) in [5, 5.41) is 0. The lowest BCUT2D eigenvalue weighted by Gasteiger charge is -2.03. The summed E-state index contributed by atoms with van der Waals surface area (Å²) in [5.41, 5.74) is 4.14. The van der Waals surface area contributed by atoms with Gasteiger partial charge in [0.15, 0.2) is 0 Å². The Labute approximate surface area is 109 Å². The van der Waals surface area contributed by atoms with Crippen LogP contribution in [0.2, 0.25) is 0 Å². The Morgan fingerprint density at radius 3 is 2.17 bits per heavy atom. The van der Waals surface area contributed by atoms with Crippen molar-refractivity contribution < 1.29 is 0 Å². The SMILES string of the molecule is CCCCc1ccc(CCCc2cnc[nH]2)cc1. The molecule has 1 heterocycles. The van der Waals surface area contributed by atoms with Crippen molar-refractivity contribution in [3.8, 4) is 0 Å². The molecule has 2 rings (SSSR count). The number of H-pyrrole nitrogens is 1. The minimum absolute atomic E-state index is 1.08. The van der Waals surface area contributed by atoms with Gasteiger partial charge in [0.2, 0.25) is 0 Å². The van der Waals surface area contributed by atoms with Crippen molar-refractivity contribution in [1.29, 1.82) is 0 Å². The normalized spacial score (nSPS) is 10.7. The Bertz CT molecular complexity index is 429. The van der Waals surface area contributed by atoms with E-state index in [-0.39, 0.29) is 0 Å². The fraction of sp³-hybridized carbons (Fsp3) is 0.438. The second kappa shape index (κ2) is 7.00. The third kappa shape index (κ3) is 4.02. The van der Waals surface area contributed by atoms with Gasteiger partial charge in [0.05, 0.1) is 6.33 Å². The van der Waals surface area contributed by atoms with Crippen LogP contribution in [0.15, 0.2) is 36.8 Å². The summed E-state index contributed by atoms with van der Waals surface area (Å²) in [6.45, 7) is 2.24. The van der Waals surface area contributed by atoms with Crippen LogP contribution in [0.25, 0.3) is 0 Å². The van der Waals surface area contributed by atoms with Gasteiger partial charge < -0.3 is 4.98 Å². The number of nitrogens with one attached hydrogen (secondary N) is 1. The predicted octanol–water partition coefficient (Wildman–Crippen LogP) is 3.93. The lowest BCUT2D eigenvalue weighted by atomic mass is 10.0. The van der Waals surface area contributed by atoms with Crippen molar-refractivity contribution in [2.75, 3.05) is 0 Å². The molecule has 0 fully saturated rings. The van der Waals surface area contributed by atoms with Crippen molar-refractivity contribution in [3.05, 3.63) is 53.6 Å². The molecule has 2 heteroatoms. The van der Waals surface area contributed by atoms with Gasteiger partial charge in [-0.2, -0.15) is 0 Å². The molecule has 18 heavy (non-hydrogen) atoms. The molecule has 2 nitrogen and oxygen atoms in total. The highest BCUT2D eigenvalue weighted by molar-refractivity contribution is 5.22. The molecule has 2 aromatic rings. The van der Waals surface area contributed by atoms with Crippen LogP contribution in [0.3, 0.4) is 0 Å². The average Bonchev–Trinajstić information content (AvgIpc) is 2.91. The van der Waals surface area contributed by atoms with Crippen LogP contribution < -0.4 is 0 Å². The number of benzene rings is 1. The molecule has 0 unspecified atom stereocenters. The third-order valence-corrected chi connectivity index (χ3v) is 3.31. The van der Waals surface area contributed by atoms with Gasteiger partial charge >= 0.3 is 0 Å². The van der Waals surface area contributed by atoms with E-state index in [1.165, 1.54) is 42.5 Å². The molecule has 1 N–H and O–H groups in total. The number of hydrogen-bond donors (Lipinski definition) is 1. The first kappa shape index (κ1) is 12.9. The lowest BCUT2D eigenvalue weighted by molar-refractivity contribution is 0.789. The number of nitrogens with zero attached hydrogens (tertiary/aromatic N) is 1. The van der Waals surface area contributed by atoms with E-state index in [1.807, 2.05) is 6.20 Å². The molecule has 1 aromatic carbocycles. The first-order chi connectivity index (χ1) is 8.88. The van der Waals surface area contributed by atoms with E-state index in [2.05, 4.69) is 41.2 Å². The van der Waals surface area contributed by atoms with Gasteiger partial charge in [0.1, 0.15) is 0 Å². The number of unbranched alkanes of at least 4 members (excludes halogenated alkanes) is 1. The van der Waals surface area contributed by atoms with E-state index in [4.69, 9.17) is 0 Å². The monoisotopic (exact) mass is 242 g/mol. The Morgan fingerprint density at radius 1 is 0.944 bits per heavy atom. The highest BCUT2D eigenvalue weighted by atomic mass is 14.9. The fourth-order valence-corrected chi connectivity index (χ4v) is 2.16. The van der Waals surface area contributed by atoms with Crippen LogP contribution in [0.5, 0.6) is 0 Å². The van der Waals surface area contributed by atoms with Gasteiger partial charge in [-0.25, -0.2) is 4.98 Å². The van der Waals surface area contributed by atoms with Crippen LogP contribution in [0, 0.1) is 0 Å². The minimum Gasteiger partial charge on any atom is -0.348 e. The van der Waals surface area contributed by atoms with Crippen LogP contribution in [0.1, 0.15) is 43.0 Å². The maximum Gasteiger partial charge on any atom is 0.0921 e. The van der Waals surface area contributed by atoms with Crippen molar-refractivity contribution >= 4 is 0 Å². The standard InChI is InChI=1S/C16H22N2/c1-2-3-5-14-8-10-15(11-9-14)6-4-7-16-12-17-13-18-16/h8-13H,2-7H2,1H3,(H,17,18). The Kier molecular flexibility index (Phi) is 5.00. The molecule has 0 spiro atoms. The predicted molar refractivity (Wildman–Crippen MR) is 75.7 cm³/mol. The Balaban J connectivity index is 1.75. The van der Waals surface area contributed by atoms with E-state index in [1.54, 1.807) is 6.33 Å². The molecule has 0 aliphatic rings. The highest BCUT2D eigenvalue weighted by Gasteiger charge is 1.97. The van der Waals surface area contributed by atoms with Crippen molar-refractivity contribution in [1.82, 2.24) is 9.97 Å². The Hall–Kier alpha value is -1.57. The number of aromatic amines is 1. The summed E-state index contributed by atoms with van der Waals surface area (Å²) in [4.78, 5) is 7.18. The molecular formula is C16H22N2. The second-order valence-electron chi connectivity index (χ2n) is 4.85. The van der Waals surface area contributed by atoms with E-state index in [0.29, 0.717) is 0 Å². The largest absolute Gasteiger partial charge is 0.348 e.